The van der Waals surface area contributed by atoms with Gasteiger partial charge in [-0.1, -0.05) is 6.07 Å². The Morgan fingerprint density at radius 1 is 1.43 bits per heavy atom. The fourth-order valence-electron chi connectivity index (χ4n) is 2.54. The quantitative estimate of drug-likeness (QED) is 0.637. The molecule has 112 valence electrons. The summed E-state index contributed by atoms with van der Waals surface area (Å²) in [5, 5.41) is 22.6. The molecule has 2 N–H and O–H groups in total. The molecule has 1 fully saturated rings. The topological polar surface area (TPSA) is 110 Å². The van der Waals surface area contributed by atoms with Gasteiger partial charge in [0.1, 0.15) is 5.56 Å². The summed E-state index contributed by atoms with van der Waals surface area (Å²) >= 11 is 0. The Balaban J connectivity index is 2.26. The van der Waals surface area contributed by atoms with Gasteiger partial charge in [0.2, 0.25) is 0 Å². The highest BCUT2D eigenvalue weighted by Gasteiger charge is 2.41. The summed E-state index contributed by atoms with van der Waals surface area (Å²) < 4.78 is 0. The van der Waals surface area contributed by atoms with E-state index in [1.54, 1.807) is 13.0 Å². The molecule has 0 heterocycles. The zero-order chi connectivity index (χ0) is 15.6. The maximum absolute atomic E-state index is 12.3. The lowest BCUT2D eigenvalue weighted by Crippen LogP contribution is -2.54. The summed E-state index contributed by atoms with van der Waals surface area (Å²) in [5.41, 5.74) is -0.355. The number of aryl methyl sites for hydroxylation is 1. The number of hydrogen-bond acceptors (Lipinski definition) is 4. The fourth-order valence-corrected chi connectivity index (χ4v) is 2.54. The van der Waals surface area contributed by atoms with E-state index < -0.39 is 22.3 Å². The SMILES string of the molecule is Cc1ccc([N+](=O)[O-])c(C(=O)NC2(CC(=O)O)CCC2)c1. The van der Waals surface area contributed by atoms with Gasteiger partial charge in [0.15, 0.2) is 0 Å². The number of nitrogens with one attached hydrogen (secondary N) is 1. The molecule has 0 aliphatic heterocycles. The fraction of sp³-hybridized carbons (Fsp3) is 0.429. The molecule has 1 saturated carbocycles. The Bertz CT molecular complexity index is 607. The number of aliphatic carboxylic acids is 1. The highest BCUT2D eigenvalue weighted by molar-refractivity contribution is 5.99. The van der Waals surface area contributed by atoms with E-state index in [9.17, 15) is 19.7 Å². The molecule has 0 bridgehead atoms. The monoisotopic (exact) mass is 292 g/mol. The molecular weight excluding hydrogens is 276 g/mol. The van der Waals surface area contributed by atoms with Gasteiger partial charge in [-0.25, -0.2) is 0 Å². The lowest BCUT2D eigenvalue weighted by molar-refractivity contribution is -0.385. The number of nitro benzene ring substituents is 1. The Morgan fingerprint density at radius 2 is 2.10 bits per heavy atom. The predicted octanol–water partition coefficient (Wildman–Crippen LogP) is 2.03. The van der Waals surface area contributed by atoms with E-state index in [4.69, 9.17) is 5.11 Å². The van der Waals surface area contributed by atoms with Crippen LogP contribution in [0.3, 0.4) is 0 Å². The summed E-state index contributed by atoms with van der Waals surface area (Å²) in [4.78, 5) is 33.6. The van der Waals surface area contributed by atoms with Crippen LogP contribution in [0, 0.1) is 17.0 Å². The van der Waals surface area contributed by atoms with Crippen molar-refractivity contribution in [2.24, 2.45) is 0 Å². The average molecular weight is 292 g/mol. The molecule has 1 aromatic carbocycles. The van der Waals surface area contributed by atoms with E-state index in [-0.39, 0.29) is 17.7 Å². The summed E-state index contributed by atoms with van der Waals surface area (Å²) in [6.07, 6.45) is 1.82. The third-order valence-corrected chi connectivity index (χ3v) is 3.77. The third-order valence-electron chi connectivity index (χ3n) is 3.77. The molecule has 0 radical (unpaired) electrons. The van der Waals surface area contributed by atoms with Crippen LogP contribution in [0.2, 0.25) is 0 Å². The molecular formula is C14H16N2O5. The van der Waals surface area contributed by atoms with Crippen molar-refractivity contribution in [1.29, 1.82) is 0 Å². The van der Waals surface area contributed by atoms with Crippen LogP contribution in [0.15, 0.2) is 18.2 Å². The van der Waals surface area contributed by atoms with Crippen LogP contribution in [0.4, 0.5) is 5.69 Å². The maximum Gasteiger partial charge on any atom is 0.305 e. The van der Waals surface area contributed by atoms with Crippen LogP contribution >= 0.6 is 0 Å². The number of nitro groups is 1. The van der Waals surface area contributed by atoms with Crippen LogP contribution < -0.4 is 5.32 Å². The lowest BCUT2D eigenvalue weighted by atomic mass is 9.74. The van der Waals surface area contributed by atoms with E-state index in [1.807, 2.05) is 0 Å². The summed E-state index contributed by atoms with van der Waals surface area (Å²) in [5.74, 6) is -1.58. The molecule has 2 rings (SSSR count). The molecule has 0 unspecified atom stereocenters. The van der Waals surface area contributed by atoms with Crippen molar-refractivity contribution >= 4 is 17.6 Å². The number of carboxylic acid groups (broad SMARTS) is 1. The van der Waals surface area contributed by atoms with Crippen LogP contribution in [0.5, 0.6) is 0 Å². The number of carboxylic acids is 1. The van der Waals surface area contributed by atoms with Gasteiger partial charge < -0.3 is 10.4 Å². The zero-order valence-corrected chi connectivity index (χ0v) is 11.6. The molecule has 0 aromatic heterocycles. The number of carbonyl (C=O) groups is 2. The molecule has 1 aliphatic rings. The van der Waals surface area contributed by atoms with E-state index in [0.717, 1.165) is 12.0 Å². The first-order valence-electron chi connectivity index (χ1n) is 6.62. The van der Waals surface area contributed by atoms with Crippen molar-refractivity contribution in [3.8, 4) is 0 Å². The Hall–Kier alpha value is -2.44. The molecule has 0 spiro atoms. The first-order chi connectivity index (χ1) is 9.83. The Morgan fingerprint density at radius 3 is 2.57 bits per heavy atom. The smallest absolute Gasteiger partial charge is 0.305 e. The van der Waals surface area contributed by atoms with E-state index in [1.165, 1.54) is 12.1 Å². The van der Waals surface area contributed by atoms with Gasteiger partial charge in [0.05, 0.1) is 16.9 Å². The second-order valence-corrected chi connectivity index (χ2v) is 5.44. The van der Waals surface area contributed by atoms with Gasteiger partial charge in [0.25, 0.3) is 11.6 Å². The summed E-state index contributed by atoms with van der Waals surface area (Å²) in [7, 11) is 0. The lowest BCUT2D eigenvalue weighted by Gasteiger charge is -2.41. The van der Waals surface area contributed by atoms with Crippen molar-refractivity contribution in [2.75, 3.05) is 0 Å². The van der Waals surface area contributed by atoms with E-state index in [0.29, 0.717) is 12.8 Å². The largest absolute Gasteiger partial charge is 0.481 e. The van der Waals surface area contributed by atoms with Gasteiger partial charge >= 0.3 is 5.97 Å². The van der Waals surface area contributed by atoms with E-state index >= 15 is 0 Å². The third kappa shape index (κ3) is 3.18. The van der Waals surface area contributed by atoms with Crippen LogP contribution in [-0.2, 0) is 4.79 Å². The molecule has 7 nitrogen and oxygen atoms in total. The minimum absolute atomic E-state index is 0.0309. The molecule has 1 amide bonds. The van der Waals surface area contributed by atoms with Crippen molar-refractivity contribution < 1.29 is 19.6 Å². The van der Waals surface area contributed by atoms with Crippen LogP contribution in [-0.4, -0.2) is 27.4 Å². The second kappa shape index (κ2) is 5.51. The number of amides is 1. The highest BCUT2D eigenvalue weighted by atomic mass is 16.6. The zero-order valence-electron chi connectivity index (χ0n) is 11.6. The highest BCUT2D eigenvalue weighted by Crippen LogP contribution is 2.35. The van der Waals surface area contributed by atoms with Crippen molar-refractivity contribution in [1.82, 2.24) is 5.32 Å². The molecule has 0 saturated heterocycles. The minimum atomic E-state index is -0.992. The van der Waals surface area contributed by atoms with Gasteiger partial charge in [-0.2, -0.15) is 0 Å². The average Bonchev–Trinajstić information content (AvgIpc) is 2.34. The molecule has 0 atom stereocenters. The second-order valence-electron chi connectivity index (χ2n) is 5.44. The first kappa shape index (κ1) is 15.0. The van der Waals surface area contributed by atoms with Crippen molar-refractivity contribution in [3.05, 3.63) is 39.4 Å². The predicted molar refractivity (Wildman–Crippen MR) is 74.1 cm³/mol. The number of carbonyl (C=O) groups excluding carboxylic acids is 1. The van der Waals surface area contributed by atoms with E-state index in [2.05, 4.69) is 5.32 Å². The minimum Gasteiger partial charge on any atom is -0.481 e. The van der Waals surface area contributed by atoms with Crippen molar-refractivity contribution in [3.63, 3.8) is 0 Å². The van der Waals surface area contributed by atoms with Gasteiger partial charge in [0, 0.05) is 6.07 Å². The summed E-state index contributed by atoms with van der Waals surface area (Å²) in [6.45, 7) is 1.73. The summed E-state index contributed by atoms with van der Waals surface area (Å²) in [6, 6.07) is 4.29. The standard InChI is InChI=1S/C14H16N2O5/c1-9-3-4-11(16(20)21)10(7-9)13(19)15-14(5-2-6-14)8-12(17)18/h3-4,7H,2,5-6,8H2,1H3,(H,15,19)(H,17,18). The molecule has 21 heavy (non-hydrogen) atoms. The normalized spacial score (nSPS) is 15.9. The Kier molecular flexibility index (Phi) is 3.93. The molecule has 1 aliphatic carbocycles. The number of rotatable bonds is 5. The number of nitrogens with zero attached hydrogens (tertiary/aromatic N) is 1. The van der Waals surface area contributed by atoms with Gasteiger partial charge in [-0.3, -0.25) is 19.7 Å². The number of hydrogen-bond donors (Lipinski definition) is 2. The van der Waals surface area contributed by atoms with Crippen molar-refractivity contribution in [2.45, 2.75) is 38.1 Å². The maximum atomic E-state index is 12.3. The molecule has 1 aromatic rings. The molecule has 7 heteroatoms. The van der Waals surface area contributed by atoms with Gasteiger partial charge in [-0.05, 0) is 37.8 Å². The Labute approximate surface area is 121 Å². The number of benzene rings is 1. The van der Waals surface area contributed by atoms with Gasteiger partial charge in [-0.15, -0.1) is 0 Å². The first-order valence-corrected chi connectivity index (χ1v) is 6.62. The van der Waals surface area contributed by atoms with Crippen LogP contribution in [0.25, 0.3) is 0 Å². The van der Waals surface area contributed by atoms with Crippen LogP contribution in [0.1, 0.15) is 41.6 Å².